The van der Waals surface area contributed by atoms with Gasteiger partial charge in [-0.3, -0.25) is 4.98 Å². The number of ether oxygens (including phenoxy) is 3. The van der Waals surface area contributed by atoms with Crippen LogP contribution in [0.1, 0.15) is 5.82 Å². The van der Waals surface area contributed by atoms with Gasteiger partial charge in [0, 0.05) is 43.8 Å². The molecule has 0 aliphatic rings. The lowest BCUT2D eigenvalue weighted by molar-refractivity contribution is -0.274. The Morgan fingerprint density at radius 1 is 0.935 bits per heavy atom. The molecule has 164 valence electrons. The maximum Gasteiger partial charge on any atom is 0.573 e. The Morgan fingerprint density at radius 2 is 1.61 bits per heavy atom. The quantitative estimate of drug-likeness (QED) is 0.525. The van der Waals surface area contributed by atoms with Crippen LogP contribution in [0.25, 0.3) is 22.4 Å². The molecule has 10 heteroatoms. The van der Waals surface area contributed by atoms with E-state index in [-0.39, 0.29) is 5.75 Å². The van der Waals surface area contributed by atoms with E-state index in [4.69, 9.17) is 9.47 Å². The first kappa shape index (κ1) is 22.4. The molecule has 0 saturated carbocycles. The van der Waals surface area contributed by atoms with E-state index < -0.39 is 12.7 Å². The molecular weight excluding hydrogens is 413 g/mol. The number of rotatable bonds is 8. The second kappa shape index (κ2) is 9.71. The van der Waals surface area contributed by atoms with Gasteiger partial charge in [-0.1, -0.05) is 12.1 Å². The molecule has 2 aromatic heterocycles. The highest BCUT2D eigenvalue weighted by atomic mass is 19.4. The van der Waals surface area contributed by atoms with Crippen LogP contribution in [0.4, 0.5) is 19.0 Å². The average Bonchev–Trinajstić information content (AvgIpc) is 2.73. The lowest BCUT2D eigenvalue weighted by atomic mass is 10.0. The molecule has 0 fully saturated rings. The molecule has 0 spiro atoms. The Bertz CT molecular complexity index is 1010. The summed E-state index contributed by atoms with van der Waals surface area (Å²) in [6, 6.07) is 9.22. The Kier molecular flexibility index (Phi) is 7.03. The van der Waals surface area contributed by atoms with Crippen LogP contribution in [-0.2, 0) is 9.47 Å². The fraction of sp³-hybridized carbons (Fsp3) is 0.286. The van der Waals surface area contributed by atoms with Crippen molar-refractivity contribution in [3.05, 3.63) is 54.6 Å². The van der Waals surface area contributed by atoms with Gasteiger partial charge in [0.1, 0.15) is 17.4 Å². The summed E-state index contributed by atoms with van der Waals surface area (Å²) in [5.41, 5.74) is 2.79. The Balaban J connectivity index is 1.83. The third-order valence-electron chi connectivity index (χ3n) is 4.27. The molecule has 0 aliphatic heterocycles. The fourth-order valence-corrected chi connectivity index (χ4v) is 2.84. The molecule has 0 radical (unpaired) electrons. The molecule has 7 nitrogen and oxygen atoms in total. The van der Waals surface area contributed by atoms with E-state index in [2.05, 4.69) is 25.0 Å². The number of methoxy groups -OCH3 is 2. The van der Waals surface area contributed by atoms with Gasteiger partial charge in [0.25, 0.3) is 0 Å². The SMILES string of the molecule is COC(CNc1cc(-c2cncc(-c3ccc(OC(F)(F)F)cc3)c2)nc(C)n1)OC. The molecule has 0 aliphatic carbocycles. The summed E-state index contributed by atoms with van der Waals surface area (Å²) in [6.45, 7) is 2.17. The Morgan fingerprint density at radius 3 is 2.26 bits per heavy atom. The molecule has 0 atom stereocenters. The van der Waals surface area contributed by atoms with Gasteiger partial charge in [0.2, 0.25) is 0 Å². The van der Waals surface area contributed by atoms with E-state index in [0.717, 1.165) is 11.1 Å². The van der Waals surface area contributed by atoms with Crippen molar-refractivity contribution in [2.45, 2.75) is 19.6 Å². The number of hydrogen-bond acceptors (Lipinski definition) is 7. The molecule has 2 heterocycles. The monoisotopic (exact) mass is 434 g/mol. The van der Waals surface area contributed by atoms with Gasteiger partial charge in [-0.15, -0.1) is 13.2 Å². The van der Waals surface area contributed by atoms with E-state index in [1.54, 1.807) is 39.6 Å². The molecule has 1 aromatic carbocycles. The van der Waals surface area contributed by atoms with Gasteiger partial charge in [0.05, 0.1) is 12.2 Å². The maximum atomic E-state index is 12.3. The molecular formula is C21H21F3N4O3. The summed E-state index contributed by atoms with van der Waals surface area (Å²) < 4.78 is 51.3. The highest BCUT2D eigenvalue weighted by Crippen LogP contribution is 2.28. The van der Waals surface area contributed by atoms with Gasteiger partial charge in [-0.05, 0) is 30.7 Å². The van der Waals surface area contributed by atoms with Crippen LogP contribution < -0.4 is 10.1 Å². The lowest BCUT2D eigenvalue weighted by Gasteiger charge is -2.15. The van der Waals surface area contributed by atoms with Crippen molar-refractivity contribution in [1.29, 1.82) is 0 Å². The summed E-state index contributed by atoms with van der Waals surface area (Å²) in [5, 5.41) is 3.14. The molecule has 3 rings (SSSR count). The molecule has 0 amide bonds. The minimum absolute atomic E-state index is 0.284. The van der Waals surface area contributed by atoms with Crippen molar-refractivity contribution in [2.75, 3.05) is 26.1 Å². The van der Waals surface area contributed by atoms with Crippen molar-refractivity contribution in [3.63, 3.8) is 0 Å². The molecule has 3 aromatic rings. The van der Waals surface area contributed by atoms with E-state index >= 15 is 0 Å². The van der Waals surface area contributed by atoms with Gasteiger partial charge in [0.15, 0.2) is 6.29 Å². The normalized spacial score (nSPS) is 11.6. The third kappa shape index (κ3) is 6.37. The number of benzene rings is 1. The summed E-state index contributed by atoms with van der Waals surface area (Å²) in [7, 11) is 3.09. The van der Waals surface area contributed by atoms with Crippen LogP contribution in [0, 0.1) is 6.92 Å². The molecule has 0 bridgehead atoms. The number of halogens is 3. The molecule has 1 N–H and O–H groups in total. The van der Waals surface area contributed by atoms with E-state index in [1.807, 2.05) is 6.07 Å². The first-order chi connectivity index (χ1) is 14.8. The molecule has 0 unspecified atom stereocenters. The van der Waals surface area contributed by atoms with Crippen molar-refractivity contribution in [3.8, 4) is 28.1 Å². The number of nitrogens with zero attached hydrogens (tertiary/aromatic N) is 3. The zero-order chi connectivity index (χ0) is 22.4. The molecule has 31 heavy (non-hydrogen) atoms. The highest BCUT2D eigenvalue weighted by molar-refractivity contribution is 5.71. The number of hydrogen-bond donors (Lipinski definition) is 1. The summed E-state index contributed by atoms with van der Waals surface area (Å²) >= 11 is 0. The van der Waals surface area contributed by atoms with Gasteiger partial charge in [-0.2, -0.15) is 0 Å². The number of aromatic nitrogens is 3. The second-order valence-corrected chi connectivity index (χ2v) is 6.50. The lowest BCUT2D eigenvalue weighted by Crippen LogP contribution is -2.24. The summed E-state index contributed by atoms with van der Waals surface area (Å²) in [5.74, 6) is 0.874. The largest absolute Gasteiger partial charge is 0.573 e. The number of pyridine rings is 1. The van der Waals surface area contributed by atoms with Gasteiger partial charge >= 0.3 is 6.36 Å². The van der Waals surface area contributed by atoms with Crippen molar-refractivity contribution >= 4 is 5.82 Å². The van der Waals surface area contributed by atoms with Gasteiger partial charge < -0.3 is 19.5 Å². The molecule has 0 saturated heterocycles. The standard InChI is InChI=1S/C21H21F3N4O3/c1-13-27-18(9-19(28-13)26-12-20(29-2)30-3)16-8-15(10-25-11-16)14-4-6-17(7-5-14)31-21(22,23)24/h4-11,20H,12H2,1-3H3,(H,26,27,28). The minimum atomic E-state index is -4.73. The van der Waals surface area contributed by atoms with E-state index in [9.17, 15) is 13.2 Å². The maximum absolute atomic E-state index is 12.3. The topological polar surface area (TPSA) is 78.4 Å². The van der Waals surface area contributed by atoms with Crippen LogP contribution in [-0.4, -0.2) is 48.4 Å². The first-order valence-electron chi connectivity index (χ1n) is 9.24. The number of aryl methyl sites for hydroxylation is 1. The smallest absolute Gasteiger partial charge is 0.406 e. The Hall–Kier alpha value is -3.24. The van der Waals surface area contributed by atoms with Crippen LogP contribution in [0.15, 0.2) is 48.8 Å². The highest BCUT2D eigenvalue weighted by Gasteiger charge is 2.30. The van der Waals surface area contributed by atoms with Crippen LogP contribution in [0.5, 0.6) is 5.75 Å². The van der Waals surface area contributed by atoms with Crippen LogP contribution in [0.3, 0.4) is 0 Å². The summed E-state index contributed by atoms with van der Waals surface area (Å²) in [4.78, 5) is 13.1. The Labute approximate surface area is 177 Å². The van der Waals surface area contributed by atoms with E-state index in [0.29, 0.717) is 29.4 Å². The van der Waals surface area contributed by atoms with E-state index in [1.165, 1.54) is 24.3 Å². The van der Waals surface area contributed by atoms with Crippen LogP contribution >= 0.6 is 0 Å². The predicted molar refractivity (Wildman–Crippen MR) is 108 cm³/mol. The third-order valence-corrected chi connectivity index (χ3v) is 4.27. The summed E-state index contributed by atoms with van der Waals surface area (Å²) in [6.07, 6.45) is -1.87. The number of anilines is 1. The second-order valence-electron chi connectivity index (χ2n) is 6.50. The zero-order valence-electron chi connectivity index (χ0n) is 17.1. The van der Waals surface area contributed by atoms with Gasteiger partial charge in [-0.25, -0.2) is 9.97 Å². The minimum Gasteiger partial charge on any atom is -0.406 e. The zero-order valence-corrected chi connectivity index (χ0v) is 17.1. The van der Waals surface area contributed by atoms with Crippen molar-refractivity contribution in [1.82, 2.24) is 15.0 Å². The first-order valence-corrected chi connectivity index (χ1v) is 9.24. The number of alkyl halides is 3. The van der Waals surface area contributed by atoms with Crippen molar-refractivity contribution < 1.29 is 27.4 Å². The van der Waals surface area contributed by atoms with Crippen molar-refractivity contribution in [2.24, 2.45) is 0 Å². The predicted octanol–water partition coefficient (Wildman–Crippen LogP) is 4.44. The average molecular weight is 434 g/mol. The fourth-order valence-electron chi connectivity index (χ4n) is 2.84. The number of nitrogens with one attached hydrogen (secondary N) is 1. The van der Waals surface area contributed by atoms with Crippen LogP contribution in [0.2, 0.25) is 0 Å².